The van der Waals surface area contributed by atoms with Crippen molar-refractivity contribution in [2.45, 2.75) is 0 Å². The van der Waals surface area contributed by atoms with E-state index < -0.39 is 0 Å². The highest BCUT2D eigenvalue weighted by molar-refractivity contribution is 5.88. The van der Waals surface area contributed by atoms with Gasteiger partial charge in [0.1, 0.15) is 5.69 Å². The van der Waals surface area contributed by atoms with Gasteiger partial charge in [-0.05, 0) is 0 Å². The molecular formula is C16H19N7. The maximum absolute atomic E-state index is 4.79. The normalized spacial score (nSPS) is 10.6. The monoisotopic (exact) mass is 309 g/mol. The van der Waals surface area contributed by atoms with Gasteiger partial charge in [-0.3, -0.25) is 0 Å². The third kappa shape index (κ3) is 2.73. The molecule has 0 spiro atoms. The Hall–Kier alpha value is -2.96. The second kappa shape index (κ2) is 6.04. The minimum atomic E-state index is 0.508. The molecule has 0 aliphatic rings. The van der Waals surface area contributed by atoms with Gasteiger partial charge in [-0.25, -0.2) is 9.97 Å². The molecule has 23 heavy (non-hydrogen) atoms. The minimum absolute atomic E-state index is 0.508. The van der Waals surface area contributed by atoms with Crippen molar-refractivity contribution in [3.05, 3.63) is 30.3 Å². The number of rotatable bonds is 4. The summed E-state index contributed by atoms with van der Waals surface area (Å²) in [7, 11) is 7.48. The zero-order chi connectivity index (χ0) is 16.4. The van der Waals surface area contributed by atoms with Crippen LogP contribution in [-0.4, -0.2) is 48.1 Å². The van der Waals surface area contributed by atoms with Gasteiger partial charge in [0.25, 0.3) is 0 Å². The van der Waals surface area contributed by atoms with Gasteiger partial charge in [0.2, 0.25) is 5.95 Å². The molecule has 0 saturated carbocycles. The Morgan fingerprint density at radius 3 is 2.22 bits per heavy atom. The van der Waals surface area contributed by atoms with E-state index in [9.17, 15) is 0 Å². The maximum atomic E-state index is 4.79. The standard InChI is InChI=1S/C16H19N7/c1-17-13-12-14(22-16(18-2)21-13)20-15(23(3)4)11(19-12)10-8-6-5-7-9-10/h5-9H,1-4H3,(H2,17,18,20,21,22). The molecule has 0 bridgehead atoms. The van der Waals surface area contributed by atoms with Gasteiger partial charge in [0.15, 0.2) is 22.8 Å². The van der Waals surface area contributed by atoms with E-state index in [0.717, 1.165) is 17.1 Å². The van der Waals surface area contributed by atoms with Crippen LogP contribution in [0.4, 0.5) is 17.6 Å². The van der Waals surface area contributed by atoms with Crippen LogP contribution in [0.25, 0.3) is 22.4 Å². The Morgan fingerprint density at radius 1 is 0.870 bits per heavy atom. The molecule has 0 unspecified atom stereocenters. The van der Waals surface area contributed by atoms with Gasteiger partial charge < -0.3 is 15.5 Å². The Kier molecular flexibility index (Phi) is 3.92. The summed E-state index contributed by atoms with van der Waals surface area (Å²) in [6.07, 6.45) is 0. The molecule has 0 amide bonds. The fourth-order valence-electron chi connectivity index (χ4n) is 2.33. The smallest absolute Gasteiger partial charge is 0.226 e. The molecule has 7 nitrogen and oxygen atoms in total. The lowest BCUT2D eigenvalue weighted by Crippen LogP contribution is -2.14. The van der Waals surface area contributed by atoms with E-state index >= 15 is 0 Å². The first-order chi connectivity index (χ1) is 11.1. The van der Waals surface area contributed by atoms with E-state index in [1.807, 2.05) is 56.4 Å². The number of hydrogen-bond donors (Lipinski definition) is 2. The molecule has 0 fully saturated rings. The predicted octanol–water partition coefficient (Wildman–Crippen LogP) is 2.24. The number of nitrogens with zero attached hydrogens (tertiary/aromatic N) is 5. The highest BCUT2D eigenvalue weighted by Gasteiger charge is 2.16. The number of nitrogens with one attached hydrogen (secondary N) is 2. The molecule has 3 rings (SSSR count). The molecule has 2 aromatic heterocycles. The van der Waals surface area contributed by atoms with Gasteiger partial charge in [-0.15, -0.1) is 0 Å². The number of fused-ring (bicyclic) bond motifs is 1. The van der Waals surface area contributed by atoms with Gasteiger partial charge in [-0.2, -0.15) is 9.97 Å². The summed E-state index contributed by atoms with van der Waals surface area (Å²) < 4.78 is 0. The van der Waals surface area contributed by atoms with Gasteiger partial charge in [0, 0.05) is 33.8 Å². The lowest BCUT2D eigenvalue weighted by molar-refractivity contribution is 1.05. The summed E-state index contributed by atoms with van der Waals surface area (Å²) in [6, 6.07) is 9.99. The zero-order valence-electron chi connectivity index (χ0n) is 13.6. The average Bonchev–Trinajstić information content (AvgIpc) is 2.60. The van der Waals surface area contributed by atoms with Crippen LogP contribution in [-0.2, 0) is 0 Å². The van der Waals surface area contributed by atoms with Crippen LogP contribution in [0.2, 0.25) is 0 Å². The summed E-state index contributed by atoms with van der Waals surface area (Å²) in [5, 5.41) is 6.01. The third-order valence-corrected chi connectivity index (χ3v) is 3.44. The quantitative estimate of drug-likeness (QED) is 0.765. The number of benzene rings is 1. The lowest BCUT2D eigenvalue weighted by atomic mass is 10.1. The summed E-state index contributed by atoms with van der Waals surface area (Å²) in [5.41, 5.74) is 3.01. The first-order valence-corrected chi connectivity index (χ1v) is 7.32. The van der Waals surface area contributed by atoms with E-state index in [1.54, 1.807) is 7.05 Å². The van der Waals surface area contributed by atoms with Crippen molar-refractivity contribution >= 4 is 28.7 Å². The van der Waals surface area contributed by atoms with Crippen LogP contribution in [0, 0.1) is 0 Å². The number of aromatic nitrogens is 4. The minimum Gasteiger partial charge on any atom is -0.371 e. The van der Waals surface area contributed by atoms with Crippen LogP contribution in [0.15, 0.2) is 30.3 Å². The molecule has 3 aromatic rings. The van der Waals surface area contributed by atoms with Crippen molar-refractivity contribution in [1.29, 1.82) is 0 Å². The van der Waals surface area contributed by atoms with Crippen molar-refractivity contribution in [3.63, 3.8) is 0 Å². The third-order valence-electron chi connectivity index (χ3n) is 3.44. The van der Waals surface area contributed by atoms with E-state index in [2.05, 4.69) is 20.6 Å². The van der Waals surface area contributed by atoms with Crippen molar-refractivity contribution < 1.29 is 0 Å². The summed E-state index contributed by atoms with van der Waals surface area (Å²) in [6.45, 7) is 0. The molecule has 0 aliphatic heterocycles. The Morgan fingerprint density at radius 2 is 1.61 bits per heavy atom. The first-order valence-electron chi connectivity index (χ1n) is 7.32. The molecule has 2 heterocycles. The Balaban J connectivity index is 2.33. The summed E-state index contributed by atoms with van der Waals surface area (Å²) in [4.78, 5) is 20.2. The molecule has 7 heteroatoms. The number of anilines is 3. The molecule has 0 aliphatic carbocycles. The van der Waals surface area contributed by atoms with Crippen LogP contribution < -0.4 is 15.5 Å². The van der Waals surface area contributed by atoms with Crippen LogP contribution in [0.3, 0.4) is 0 Å². The highest BCUT2D eigenvalue weighted by Crippen LogP contribution is 2.30. The number of hydrogen-bond acceptors (Lipinski definition) is 7. The maximum Gasteiger partial charge on any atom is 0.226 e. The van der Waals surface area contributed by atoms with Crippen molar-refractivity contribution in [1.82, 2.24) is 19.9 Å². The summed E-state index contributed by atoms with van der Waals surface area (Å²) >= 11 is 0. The van der Waals surface area contributed by atoms with E-state index in [4.69, 9.17) is 9.97 Å². The van der Waals surface area contributed by atoms with Crippen molar-refractivity contribution in [2.75, 3.05) is 43.7 Å². The largest absolute Gasteiger partial charge is 0.371 e. The molecule has 0 atom stereocenters. The summed E-state index contributed by atoms with van der Waals surface area (Å²) in [5.74, 6) is 1.93. The van der Waals surface area contributed by atoms with Gasteiger partial charge >= 0.3 is 0 Å². The SMILES string of the molecule is CNc1nc(NC)c2nc(-c3ccccc3)c(N(C)C)nc2n1. The first kappa shape index (κ1) is 15.0. The molecule has 2 N–H and O–H groups in total. The van der Waals surface area contributed by atoms with Gasteiger partial charge in [0.05, 0.1) is 0 Å². The topological polar surface area (TPSA) is 78.9 Å². The van der Waals surface area contributed by atoms with Crippen LogP contribution >= 0.6 is 0 Å². The molecule has 0 saturated heterocycles. The predicted molar refractivity (Wildman–Crippen MR) is 94.0 cm³/mol. The molecule has 118 valence electrons. The average molecular weight is 309 g/mol. The molecule has 0 radical (unpaired) electrons. The van der Waals surface area contributed by atoms with E-state index in [1.165, 1.54) is 0 Å². The molecular weight excluding hydrogens is 290 g/mol. The second-order valence-electron chi connectivity index (χ2n) is 5.22. The second-order valence-corrected chi connectivity index (χ2v) is 5.22. The van der Waals surface area contributed by atoms with Crippen molar-refractivity contribution in [2.24, 2.45) is 0 Å². The fourth-order valence-corrected chi connectivity index (χ4v) is 2.33. The fraction of sp³-hybridized carbons (Fsp3) is 0.250. The Labute approximate surface area is 134 Å². The lowest BCUT2D eigenvalue weighted by Gasteiger charge is -2.17. The highest BCUT2D eigenvalue weighted by atomic mass is 15.2. The zero-order valence-corrected chi connectivity index (χ0v) is 13.6. The van der Waals surface area contributed by atoms with Gasteiger partial charge in [-0.1, -0.05) is 30.3 Å². The Bertz CT molecular complexity index is 831. The van der Waals surface area contributed by atoms with Crippen LogP contribution in [0.1, 0.15) is 0 Å². The van der Waals surface area contributed by atoms with E-state index in [0.29, 0.717) is 22.9 Å². The molecule has 1 aromatic carbocycles. The van der Waals surface area contributed by atoms with Crippen molar-refractivity contribution in [3.8, 4) is 11.3 Å². The van der Waals surface area contributed by atoms with E-state index in [-0.39, 0.29) is 0 Å². The van der Waals surface area contributed by atoms with Crippen LogP contribution in [0.5, 0.6) is 0 Å².